The summed E-state index contributed by atoms with van der Waals surface area (Å²) in [6.07, 6.45) is 2.03. The lowest BCUT2D eigenvalue weighted by Crippen LogP contribution is -2.47. The zero-order chi connectivity index (χ0) is 11.8. The summed E-state index contributed by atoms with van der Waals surface area (Å²) in [5.41, 5.74) is 2.21. The van der Waals surface area contributed by atoms with Crippen molar-refractivity contribution in [2.45, 2.75) is 6.04 Å². The van der Waals surface area contributed by atoms with Gasteiger partial charge in [-0.15, -0.1) is 0 Å². The fourth-order valence-corrected chi connectivity index (χ4v) is 2.45. The van der Waals surface area contributed by atoms with Crippen LogP contribution < -0.4 is 10.6 Å². The minimum atomic E-state index is -0.227. The van der Waals surface area contributed by atoms with Crippen LogP contribution in [-0.4, -0.2) is 23.6 Å². The number of amides is 1. The summed E-state index contributed by atoms with van der Waals surface area (Å²) >= 11 is 0. The Bertz CT molecular complexity index is 573. The second-order valence-electron chi connectivity index (χ2n) is 4.39. The highest BCUT2D eigenvalue weighted by Crippen LogP contribution is 2.26. The van der Waals surface area contributed by atoms with Gasteiger partial charge in [0.15, 0.2) is 0 Å². The van der Waals surface area contributed by atoms with Crippen LogP contribution in [0.25, 0.3) is 10.9 Å². The highest BCUT2D eigenvalue weighted by molar-refractivity contribution is 5.92. The molecule has 2 aromatic rings. The Morgan fingerprint density at radius 1 is 1.29 bits per heavy atom. The van der Waals surface area contributed by atoms with Crippen molar-refractivity contribution in [1.29, 1.82) is 0 Å². The van der Waals surface area contributed by atoms with E-state index in [-0.39, 0.29) is 11.9 Å². The number of hydrogen-bond acceptors (Lipinski definition) is 2. The van der Waals surface area contributed by atoms with Crippen molar-refractivity contribution in [2.75, 3.05) is 13.1 Å². The van der Waals surface area contributed by atoms with Crippen molar-refractivity contribution in [3.05, 3.63) is 36.0 Å². The number of hydrogen-bond donors (Lipinski definition) is 2. The molecule has 1 amide bonds. The first-order valence-electron chi connectivity index (χ1n) is 5.82. The summed E-state index contributed by atoms with van der Waals surface area (Å²) in [7, 11) is 2.01. The maximum absolute atomic E-state index is 11.9. The van der Waals surface area contributed by atoms with Gasteiger partial charge in [0.25, 0.3) is 0 Å². The highest BCUT2D eigenvalue weighted by Gasteiger charge is 2.25. The van der Waals surface area contributed by atoms with Gasteiger partial charge in [-0.25, -0.2) is 0 Å². The summed E-state index contributed by atoms with van der Waals surface area (Å²) in [5, 5.41) is 7.30. The summed E-state index contributed by atoms with van der Waals surface area (Å²) in [5.74, 6) is 0.0626. The van der Waals surface area contributed by atoms with E-state index in [1.807, 2.05) is 25.4 Å². The standard InChI is InChI=1S/C13H15N3O/c1-16-8-10(9-4-2-3-5-11(9)16)12-13(17)15-7-6-14-12/h2-5,8,12,14H,6-7H2,1H3,(H,15,17). The molecule has 1 aliphatic rings. The Hall–Kier alpha value is -1.81. The van der Waals surface area contributed by atoms with Gasteiger partial charge in [0.1, 0.15) is 6.04 Å². The summed E-state index contributed by atoms with van der Waals surface area (Å²) in [6, 6.07) is 7.93. The Balaban J connectivity index is 2.13. The van der Waals surface area contributed by atoms with Gasteiger partial charge in [-0.05, 0) is 6.07 Å². The Kier molecular flexibility index (Phi) is 2.37. The van der Waals surface area contributed by atoms with Gasteiger partial charge in [0.2, 0.25) is 5.91 Å². The zero-order valence-electron chi connectivity index (χ0n) is 9.73. The van der Waals surface area contributed by atoms with Gasteiger partial charge in [-0.1, -0.05) is 18.2 Å². The number of piperazine rings is 1. The van der Waals surface area contributed by atoms with Crippen molar-refractivity contribution in [1.82, 2.24) is 15.2 Å². The number of fused-ring (bicyclic) bond motifs is 1. The fourth-order valence-electron chi connectivity index (χ4n) is 2.45. The van der Waals surface area contributed by atoms with E-state index in [2.05, 4.69) is 27.3 Å². The number of carbonyl (C=O) groups is 1. The molecule has 88 valence electrons. The lowest BCUT2D eigenvalue weighted by atomic mass is 10.0. The molecule has 2 heterocycles. The van der Waals surface area contributed by atoms with Gasteiger partial charge in [-0.3, -0.25) is 4.79 Å². The second kappa shape index (κ2) is 3.89. The zero-order valence-corrected chi connectivity index (χ0v) is 9.73. The predicted octanol–water partition coefficient (Wildman–Crippen LogP) is 0.939. The highest BCUT2D eigenvalue weighted by atomic mass is 16.2. The van der Waals surface area contributed by atoms with Crippen LogP contribution >= 0.6 is 0 Å². The number of para-hydroxylation sites is 1. The van der Waals surface area contributed by atoms with Gasteiger partial charge in [0, 0.05) is 42.8 Å². The SMILES string of the molecule is Cn1cc(C2NCCNC2=O)c2ccccc21. The molecule has 4 nitrogen and oxygen atoms in total. The van der Waals surface area contributed by atoms with Crippen LogP contribution in [0.2, 0.25) is 0 Å². The van der Waals surface area contributed by atoms with E-state index in [1.54, 1.807) is 0 Å². The lowest BCUT2D eigenvalue weighted by molar-refractivity contribution is -0.124. The minimum Gasteiger partial charge on any atom is -0.353 e. The molecule has 3 rings (SSSR count). The van der Waals surface area contributed by atoms with E-state index in [4.69, 9.17) is 0 Å². The van der Waals surface area contributed by atoms with Crippen LogP contribution in [0, 0.1) is 0 Å². The molecule has 1 aromatic heterocycles. The van der Waals surface area contributed by atoms with Gasteiger partial charge in [-0.2, -0.15) is 0 Å². The first-order chi connectivity index (χ1) is 8.27. The molecule has 1 atom stereocenters. The average Bonchev–Trinajstić information content (AvgIpc) is 2.68. The van der Waals surface area contributed by atoms with E-state index in [9.17, 15) is 4.79 Å². The third-order valence-corrected chi connectivity index (χ3v) is 3.27. The van der Waals surface area contributed by atoms with Crippen LogP contribution in [0.5, 0.6) is 0 Å². The maximum atomic E-state index is 11.9. The molecule has 1 saturated heterocycles. The van der Waals surface area contributed by atoms with Crippen molar-refractivity contribution >= 4 is 16.8 Å². The monoisotopic (exact) mass is 229 g/mol. The molecule has 1 aromatic carbocycles. The first-order valence-corrected chi connectivity index (χ1v) is 5.82. The number of nitrogens with zero attached hydrogens (tertiary/aromatic N) is 1. The number of carbonyl (C=O) groups excluding carboxylic acids is 1. The number of aromatic nitrogens is 1. The molecule has 0 aliphatic carbocycles. The molecule has 2 N–H and O–H groups in total. The quantitative estimate of drug-likeness (QED) is 0.764. The molecule has 17 heavy (non-hydrogen) atoms. The topological polar surface area (TPSA) is 46.1 Å². The lowest BCUT2D eigenvalue weighted by Gasteiger charge is -2.23. The van der Waals surface area contributed by atoms with Crippen molar-refractivity contribution in [3.63, 3.8) is 0 Å². The molecule has 0 saturated carbocycles. The molecule has 4 heteroatoms. The van der Waals surface area contributed by atoms with E-state index >= 15 is 0 Å². The average molecular weight is 229 g/mol. The second-order valence-corrected chi connectivity index (χ2v) is 4.39. The van der Waals surface area contributed by atoms with Crippen molar-refractivity contribution in [2.24, 2.45) is 7.05 Å². The molecule has 1 unspecified atom stereocenters. The van der Waals surface area contributed by atoms with Gasteiger partial charge >= 0.3 is 0 Å². The first kappa shape index (κ1) is 10.4. The molecular weight excluding hydrogens is 214 g/mol. The molecular formula is C13H15N3O. The number of rotatable bonds is 1. The number of benzene rings is 1. The molecule has 1 aliphatic heterocycles. The summed E-state index contributed by atoms with van der Waals surface area (Å²) < 4.78 is 2.06. The third-order valence-electron chi connectivity index (χ3n) is 3.27. The third kappa shape index (κ3) is 1.61. The Labute approximate surface area is 99.6 Å². The van der Waals surface area contributed by atoms with Gasteiger partial charge < -0.3 is 15.2 Å². The van der Waals surface area contributed by atoms with Gasteiger partial charge in [0.05, 0.1) is 0 Å². The number of nitrogens with one attached hydrogen (secondary N) is 2. The Morgan fingerprint density at radius 3 is 2.94 bits per heavy atom. The van der Waals surface area contributed by atoms with Crippen molar-refractivity contribution in [3.8, 4) is 0 Å². The van der Waals surface area contributed by atoms with Crippen LogP contribution in [0.15, 0.2) is 30.5 Å². The number of aryl methyl sites for hydroxylation is 1. The molecule has 0 bridgehead atoms. The largest absolute Gasteiger partial charge is 0.353 e. The molecule has 0 radical (unpaired) electrons. The van der Waals surface area contributed by atoms with Crippen molar-refractivity contribution < 1.29 is 4.79 Å². The summed E-state index contributed by atoms with van der Waals surface area (Å²) in [6.45, 7) is 1.53. The smallest absolute Gasteiger partial charge is 0.241 e. The van der Waals surface area contributed by atoms with E-state index < -0.39 is 0 Å². The van der Waals surface area contributed by atoms with Crippen LogP contribution in [0.4, 0.5) is 0 Å². The van der Waals surface area contributed by atoms with Crippen LogP contribution in [0.1, 0.15) is 11.6 Å². The van der Waals surface area contributed by atoms with E-state index in [0.717, 1.165) is 23.0 Å². The Morgan fingerprint density at radius 2 is 2.12 bits per heavy atom. The molecule has 1 fully saturated rings. The molecule has 0 spiro atoms. The maximum Gasteiger partial charge on any atom is 0.241 e. The van der Waals surface area contributed by atoms with E-state index in [0.29, 0.717) is 6.54 Å². The predicted molar refractivity (Wildman–Crippen MR) is 66.7 cm³/mol. The normalized spacial score (nSPS) is 20.5. The van der Waals surface area contributed by atoms with Crippen LogP contribution in [0.3, 0.4) is 0 Å². The fraction of sp³-hybridized carbons (Fsp3) is 0.308. The minimum absolute atomic E-state index is 0.0626. The summed E-state index contributed by atoms with van der Waals surface area (Å²) in [4.78, 5) is 11.9. The van der Waals surface area contributed by atoms with Crippen LogP contribution in [-0.2, 0) is 11.8 Å². The van der Waals surface area contributed by atoms with E-state index in [1.165, 1.54) is 0 Å².